The van der Waals surface area contributed by atoms with Crippen molar-refractivity contribution >= 4 is 39.1 Å². The van der Waals surface area contributed by atoms with Crippen molar-refractivity contribution < 1.29 is 31.6 Å². The lowest BCUT2D eigenvalue weighted by molar-refractivity contribution is -0.140. The van der Waals surface area contributed by atoms with Crippen molar-refractivity contribution in [3.63, 3.8) is 0 Å². The summed E-state index contributed by atoms with van der Waals surface area (Å²) in [5.74, 6) is -2.09. The Morgan fingerprint density at radius 2 is 1.86 bits per heavy atom. The molecule has 5 rings (SSSR count). The molecule has 4 heterocycles. The van der Waals surface area contributed by atoms with Gasteiger partial charge in [0, 0.05) is 16.5 Å². The maximum atomic E-state index is 13.5. The number of nitrogens with two attached hydrogens (primary N) is 1. The predicted octanol–water partition coefficient (Wildman–Crippen LogP) is 5.46. The molecule has 0 aliphatic rings. The summed E-state index contributed by atoms with van der Waals surface area (Å²) in [5, 5.41) is 9.18. The molecule has 0 radical (unpaired) electrons. The maximum Gasteiger partial charge on any atom is 0.433 e. The van der Waals surface area contributed by atoms with Gasteiger partial charge in [-0.2, -0.15) is 18.3 Å². The summed E-state index contributed by atoms with van der Waals surface area (Å²) < 4.78 is 59.1. The van der Waals surface area contributed by atoms with Gasteiger partial charge < -0.3 is 15.5 Å². The Kier molecular flexibility index (Phi) is 5.55. The van der Waals surface area contributed by atoms with Crippen LogP contribution in [0.25, 0.3) is 32.8 Å². The molecule has 4 aromatic heterocycles. The lowest BCUT2D eigenvalue weighted by Crippen LogP contribution is -2.17. The largest absolute Gasteiger partial charge is 0.464 e. The fourth-order valence-corrected chi connectivity index (χ4v) is 4.56. The van der Waals surface area contributed by atoms with Crippen molar-refractivity contribution in [1.82, 2.24) is 15.2 Å². The number of aromatic nitrogens is 3. The molecule has 0 bridgehead atoms. The van der Waals surface area contributed by atoms with Gasteiger partial charge >= 0.3 is 6.18 Å². The number of nitrogens with one attached hydrogen (secondary N) is 2. The number of H-pyrrole nitrogens is 1. The number of fused-ring (bicyclic) bond motifs is 1. The van der Waals surface area contributed by atoms with Crippen molar-refractivity contribution in [2.75, 3.05) is 5.32 Å². The highest BCUT2D eigenvalue weighted by atomic mass is 32.1. The van der Waals surface area contributed by atoms with Gasteiger partial charge in [-0.3, -0.25) is 14.7 Å². The number of amides is 2. The molecule has 0 saturated heterocycles. The minimum absolute atomic E-state index is 0.0245. The summed E-state index contributed by atoms with van der Waals surface area (Å²) in [6, 6.07) is 10.5. The van der Waals surface area contributed by atoms with E-state index in [0.29, 0.717) is 22.6 Å². The van der Waals surface area contributed by atoms with Crippen LogP contribution in [0.15, 0.2) is 59.2 Å². The Labute approximate surface area is 202 Å². The fraction of sp³-hybridized carbons (Fsp3) is 0.0435. The van der Waals surface area contributed by atoms with Crippen LogP contribution in [0.5, 0.6) is 0 Å². The summed E-state index contributed by atoms with van der Waals surface area (Å²) in [5.41, 5.74) is 4.98. The Morgan fingerprint density at radius 1 is 1.11 bits per heavy atom. The molecule has 0 aliphatic heterocycles. The zero-order valence-corrected chi connectivity index (χ0v) is 18.6. The monoisotopic (exact) mass is 515 g/mol. The van der Waals surface area contributed by atoms with Gasteiger partial charge in [-0.1, -0.05) is 0 Å². The lowest BCUT2D eigenvalue weighted by atomic mass is 10.1. The van der Waals surface area contributed by atoms with E-state index in [-0.39, 0.29) is 37.8 Å². The van der Waals surface area contributed by atoms with E-state index in [2.05, 4.69) is 20.5 Å². The summed E-state index contributed by atoms with van der Waals surface area (Å²) in [6.45, 7) is 0. The lowest BCUT2D eigenvalue weighted by Gasteiger charge is -2.10. The number of alkyl halides is 3. The number of hydrogen-bond donors (Lipinski definition) is 3. The SMILES string of the molecule is NC(=O)c1sc2nc(C(F)(F)F)cc(-c3ccco3)c2c1NC(=O)c1cc(-c2ccc(F)cc2)n[nH]1. The van der Waals surface area contributed by atoms with Crippen molar-refractivity contribution in [2.45, 2.75) is 6.18 Å². The molecule has 0 saturated carbocycles. The molecule has 36 heavy (non-hydrogen) atoms. The number of furan rings is 1. The normalized spacial score (nSPS) is 11.7. The van der Waals surface area contributed by atoms with E-state index in [1.807, 2.05) is 0 Å². The van der Waals surface area contributed by atoms with Crippen LogP contribution in [0, 0.1) is 5.82 Å². The van der Waals surface area contributed by atoms with E-state index >= 15 is 0 Å². The molecule has 0 fully saturated rings. The molecule has 1 aromatic carbocycles. The number of benzene rings is 1. The first-order chi connectivity index (χ1) is 17.1. The van der Waals surface area contributed by atoms with E-state index in [0.717, 1.165) is 6.07 Å². The van der Waals surface area contributed by atoms with Crippen LogP contribution < -0.4 is 11.1 Å². The van der Waals surface area contributed by atoms with E-state index in [4.69, 9.17) is 10.2 Å². The second kappa shape index (κ2) is 8.61. The molecule has 0 unspecified atom stereocenters. The van der Waals surface area contributed by atoms with Gasteiger partial charge in [-0.15, -0.1) is 11.3 Å². The number of carbonyl (C=O) groups is 2. The summed E-state index contributed by atoms with van der Waals surface area (Å²) in [4.78, 5) is 28.5. The maximum absolute atomic E-state index is 13.5. The van der Waals surface area contributed by atoms with Crippen LogP contribution in [0.1, 0.15) is 25.9 Å². The average Bonchev–Trinajstić information content (AvgIpc) is 3.58. The molecule has 4 N–H and O–H groups in total. The van der Waals surface area contributed by atoms with E-state index in [9.17, 15) is 27.2 Å². The molecule has 2 amide bonds. The number of pyridine rings is 1. The number of aromatic amines is 1. The highest BCUT2D eigenvalue weighted by Crippen LogP contribution is 2.43. The number of hydrogen-bond acceptors (Lipinski definition) is 6. The van der Waals surface area contributed by atoms with E-state index in [1.165, 1.54) is 48.7 Å². The van der Waals surface area contributed by atoms with Crippen LogP contribution >= 0.6 is 11.3 Å². The van der Waals surface area contributed by atoms with Crippen molar-refractivity contribution in [1.29, 1.82) is 0 Å². The second-order valence-corrected chi connectivity index (χ2v) is 8.51. The number of carbonyl (C=O) groups excluding carboxylic acids is 2. The topological polar surface area (TPSA) is 127 Å². The van der Waals surface area contributed by atoms with Gasteiger partial charge in [0.05, 0.1) is 17.6 Å². The molecule has 13 heteroatoms. The number of nitrogens with zero attached hydrogens (tertiary/aromatic N) is 2. The van der Waals surface area contributed by atoms with E-state index in [1.54, 1.807) is 0 Å². The summed E-state index contributed by atoms with van der Waals surface area (Å²) in [7, 11) is 0. The van der Waals surface area contributed by atoms with Crippen LogP contribution in [0.2, 0.25) is 0 Å². The van der Waals surface area contributed by atoms with E-state index < -0.39 is 29.5 Å². The van der Waals surface area contributed by atoms with Crippen LogP contribution in [-0.4, -0.2) is 27.0 Å². The zero-order valence-electron chi connectivity index (χ0n) is 17.8. The molecular formula is C23H13F4N5O3S. The first-order valence-electron chi connectivity index (χ1n) is 10.1. The van der Waals surface area contributed by atoms with Gasteiger partial charge in [-0.05, 0) is 48.5 Å². The Hall–Kier alpha value is -4.52. The van der Waals surface area contributed by atoms with Gasteiger partial charge in [0.2, 0.25) is 0 Å². The summed E-state index contributed by atoms with van der Waals surface area (Å²) in [6.07, 6.45) is -3.50. The van der Waals surface area contributed by atoms with Gasteiger partial charge in [-0.25, -0.2) is 9.37 Å². The standard InChI is InChI=1S/C23H13F4N5O3S/c24-11-5-3-10(4-6-11)13-9-14(32-31-13)21(34)30-18-17-12(15-2-1-7-35-15)8-16(23(25,26)27)29-22(17)36-19(18)20(28)33/h1-9H,(H2,28,33)(H,30,34)(H,31,32). The quantitative estimate of drug-likeness (QED) is 0.268. The predicted molar refractivity (Wildman–Crippen MR) is 123 cm³/mol. The molecule has 0 aliphatic carbocycles. The Balaban J connectivity index is 1.61. The van der Waals surface area contributed by atoms with Crippen molar-refractivity contribution in [3.8, 4) is 22.6 Å². The number of rotatable bonds is 5. The minimum atomic E-state index is -4.78. The van der Waals surface area contributed by atoms with Crippen molar-refractivity contribution in [3.05, 3.63) is 76.9 Å². The fourth-order valence-electron chi connectivity index (χ4n) is 3.55. The third kappa shape index (κ3) is 4.20. The molecule has 8 nitrogen and oxygen atoms in total. The Bertz CT molecular complexity index is 1610. The average molecular weight is 515 g/mol. The second-order valence-electron chi connectivity index (χ2n) is 7.51. The third-order valence-corrected chi connectivity index (χ3v) is 6.26. The number of halogens is 4. The van der Waals surface area contributed by atoms with Crippen LogP contribution in [-0.2, 0) is 6.18 Å². The van der Waals surface area contributed by atoms with Crippen molar-refractivity contribution in [2.24, 2.45) is 5.73 Å². The number of primary amides is 1. The van der Waals surface area contributed by atoms with Gasteiger partial charge in [0.15, 0.2) is 0 Å². The Morgan fingerprint density at radius 3 is 2.50 bits per heavy atom. The first kappa shape index (κ1) is 23.2. The molecule has 0 atom stereocenters. The highest BCUT2D eigenvalue weighted by Gasteiger charge is 2.35. The minimum Gasteiger partial charge on any atom is -0.464 e. The highest BCUT2D eigenvalue weighted by molar-refractivity contribution is 7.21. The summed E-state index contributed by atoms with van der Waals surface area (Å²) >= 11 is 0.611. The third-order valence-electron chi connectivity index (χ3n) is 5.16. The number of anilines is 1. The molecule has 5 aromatic rings. The van der Waals surface area contributed by atoms with Crippen LogP contribution in [0.3, 0.4) is 0 Å². The number of thiophene rings is 1. The van der Waals surface area contributed by atoms with Crippen LogP contribution in [0.4, 0.5) is 23.2 Å². The molecular weight excluding hydrogens is 502 g/mol. The molecule has 182 valence electrons. The first-order valence-corrected chi connectivity index (χ1v) is 10.9. The smallest absolute Gasteiger partial charge is 0.433 e. The molecule has 0 spiro atoms. The van der Waals surface area contributed by atoms with Gasteiger partial charge in [0.1, 0.15) is 32.7 Å². The van der Waals surface area contributed by atoms with Gasteiger partial charge in [0.25, 0.3) is 11.8 Å². The zero-order chi connectivity index (χ0) is 25.6.